The van der Waals surface area contributed by atoms with Crippen molar-refractivity contribution < 1.29 is 48.2 Å². The van der Waals surface area contributed by atoms with Crippen LogP contribution in [0.2, 0.25) is 0 Å². The van der Waals surface area contributed by atoms with Gasteiger partial charge in [0, 0.05) is 10.8 Å². The molecule has 4 rings (SSSR count). The first-order valence-corrected chi connectivity index (χ1v) is 18.8. The second-order valence-electron chi connectivity index (χ2n) is 19.0. The number of benzene rings is 2. The smallest absolute Gasteiger partial charge is 0.306 e. The Balaban J connectivity index is 1.24. The first-order valence-electron chi connectivity index (χ1n) is 18.8. The summed E-state index contributed by atoms with van der Waals surface area (Å²) in [5, 5.41) is 20.0. The SMILES string of the molecule is Cc1cc(C(CC(=O)OCC(C)(C)C2OCC3(CO2)COC(C(C)(C)COC(=O)CC(c2ccc(O)c(C)c2)C(C)(C)C)OC3)C(C)(C)C)ccc1O. The van der Waals surface area contributed by atoms with Crippen LogP contribution in [0.5, 0.6) is 11.5 Å². The zero-order valence-corrected chi connectivity index (χ0v) is 34.1. The second-order valence-corrected chi connectivity index (χ2v) is 19.0. The Morgan fingerprint density at radius 3 is 1.25 bits per heavy atom. The van der Waals surface area contributed by atoms with Crippen molar-refractivity contribution in [2.75, 3.05) is 39.6 Å². The van der Waals surface area contributed by atoms with Crippen LogP contribution in [-0.2, 0) is 38.0 Å². The van der Waals surface area contributed by atoms with Gasteiger partial charge in [0.2, 0.25) is 0 Å². The Labute approximate surface area is 316 Å². The summed E-state index contributed by atoms with van der Waals surface area (Å²) >= 11 is 0. The molecule has 2 unspecified atom stereocenters. The highest BCUT2D eigenvalue weighted by Crippen LogP contribution is 2.42. The Morgan fingerprint density at radius 2 is 0.962 bits per heavy atom. The molecule has 0 amide bonds. The van der Waals surface area contributed by atoms with Gasteiger partial charge >= 0.3 is 11.9 Å². The van der Waals surface area contributed by atoms with Crippen molar-refractivity contribution in [2.45, 2.75) is 120 Å². The molecule has 2 atom stereocenters. The zero-order chi connectivity index (χ0) is 39.6. The predicted octanol–water partition coefficient (Wildman–Crippen LogP) is 8.33. The third-order valence-corrected chi connectivity index (χ3v) is 10.7. The maximum absolute atomic E-state index is 13.1. The van der Waals surface area contributed by atoms with E-state index in [1.165, 1.54) is 0 Å². The van der Waals surface area contributed by atoms with Gasteiger partial charge in [-0.25, -0.2) is 0 Å². The summed E-state index contributed by atoms with van der Waals surface area (Å²) in [6, 6.07) is 11.0. The molecule has 0 bridgehead atoms. The highest BCUT2D eigenvalue weighted by atomic mass is 16.7. The summed E-state index contributed by atoms with van der Waals surface area (Å²) in [4.78, 5) is 26.3. The molecule has 53 heavy (non-hydrogen) atoms. The lowest BCUT2D eigenvalue weighted by Gasteiger charge is -2.48. The molecular weight excluding hydrogens is 676 g/mol. The molecule has 2 heterocycles. The van der Waals surface area contributed by atoms with E-state index < -0.39 is 28.8 Å². The van der Waals surface area contributed by atoms with Gasteiger partial charge in [-0.3, -0.25) is 9.59 Å². The number of ether oxygens (including phenoxy) is 6. The molecule has 2 aromatic rings. The lowest BCUT2D eigenvalue weighted by molar-refractivity contribution is -0.337. The van der Waals surface area contributed by atoms with E-state index in [4.69, 9.17) is 28.4 Å². The van der Waals surface area contributed by atoms with Crippen LogP contribution in [-0.4, -0.2) is 74.4 Å². The van der Waals surface area contributed by atoms with Gasteiger partial charge in [0.1, 0.15) is 24.7 Å². The molecule has 0 radical (unpaired) electrons. The van der Waals surface area contributed by atoms with Crippen molar-refractivity contribution in [3.63, 3.8) is 0 Å². The van der Waals surface area contributed by atoms with E-state index in [0.29, 0.717) is 26.4 Å². The Hall–Kier alpha value is -3.18. The van der Waals surface area contributed by atoms with Gasteiger partial charge in [0.15, 0.2) is 12.6 Å². The minimum absolute atomic E-state index is 0.0895. The monoisotopic (exact) mass is 740 g/mol. The first-order chi connectivity index (χ1) is 24.4. The fourth-order valence-corrected chi connectivity index (χ4v) is 7.02. The maximum atomic E-state index is 13.1. The molecule has 2 aliphatic heterocycles. The van der Waals surface area contributed by atoms with Gasteiger partial charge in [-0.05, 0) is 70.9 Å². The molecular formula is C43H64O10. The Kier molecular flexibility index (Phi) is 13.1. The number of rotatable bonds is 12. The molecule has 0 aromatic heterocycles. The second kappa shape index (κ2) is 16.3. The first kappa shape index (κ1) is 42.6. The molecule has 1 spiro atoms. The number of hydrogen-bond acceptors (Lipinski definition) is 10. The number of carbonyl (C=O) groups is 2. The number of phenols is 2. The van der Waals surface area contributed by atoms with Crippen molar-refractivity contribution >= 4 is 11.9 Å². The third kappa shape index (κ3) is 11.0. The lowest BCUT2D eigenvalue weighted by atomic mass is 9.74. The maximum Gasteiger partial charge on any atom is 0.306 e. The van der Waals surface area contributed by atoms with E-state index >= 15 is 0 Å². The Morgan fingerprint density at radius 1 is 0.642 bits per heavy atom. The molecule has 0 aliphatic carbocycles. The van der Waals surface area contributed by atoms with E-state index in [0.717, 1.165) is 22.3 Å². The van der Waals surface area contributed by atoms with E-state index in [-0.39, 0.29) is 72.2 Å². The van der Waals surface area contributed by atoms with Crippen LogP contribution in [0.1, 0.15) is 116 Å². The third-order valence-electron chi connectivity index (χ3n) is 10.7. The van der Waals surface area contributed by atoms with Gasteiger partial charge in [-0.1, -0.05) is 93.5 Å². The minimum Gasteiger partial charge on any atom is -0.508 e. The van der Waals surface area contributed by atoms with Gasteiger partial charge in [-0.2, -0.15) is 0 Å². The van der Waals surface area contributed by atoms with Crippen LogP contribution in [0.15, 0.2) is 36.4 Å². The molecule has 2 N–H and O–H groups in total. The largest absolute Gasteiger partial charge is 0.508 e. The standard InChI is InChI=1S/C43H64O10/c1-27-17-29(13-15-33(27)44)31(39(3,4)5)19-35(46)48-21-41(9,10)37-50-23-43(24-51-37)25-52-38(53-26-43)42(11,12)22-49-36(47)20-32(40(6,7)8)30-14-16-34(45)28(2)18-30/h13-18,31-32,37-38,44-45H,19-26H2,1-12H3. The molecule has 296 valence electrons. The van der Waals surface area contributed by atoms with Crippen molar-refractivity contribution in [3.05, 3.63) is 58.7 Å². The van der Waals surface area contributed by atoms with Crippen LogP contribution < -0.4 is 0 Å². The van der Waals surface area contributed by atoms with Crippen molar-refractivity contribution in [1.29, 1.82) is 0 Å². The van der Waals surface area contributed by atoms with Crippen LogP contribution in [0.4, 0.5) is 0 Å². The molecule has 10 nitrogen and oxygen atoms in total. The fraction of sp³-hybridized carbons (Fsp3) is 0.674. The quantitative estimate of drug-likeness (QED) is 0.205. The van der Waals surface area contributed by atoms with Crippen LogP contribution >= 0.6 is 0 Å². The average molecular weight is 741 g/mol. The van der Waals surface area contributed by atoms with Crippen LogP contribution in [0.3, 0.4) is 0 Å². The summed E-state index contributed by atoms with van der Waals surface area (Å²) in [7, 11) is 0. The zero-order valence-electron chi connectivity index (χ0n) is 34.1. The summed E-state index contributed by atoms with van der Waals surface area (Å²) in [6.45, 7) is 25.8. The van der Waals surface area contributed by atoms with E-state index in [9.17, 15) is 19.8 Å². The number of esters is 2. The lowest BCUT2D eigenvalue weighted by Crippen LogP contribution is -2.57. The Bertz CT molecular complexity index is 1440. The summed E-state index contributed by atoms with van der Waals surface area (Å²) in [5.41, 5.74) is 1.41. The van der Waals surface area contributed by atoms with Crippen LogP contribution in [0, 0.1) is 40.9 Å². The van der Waals surface area contributed by atoms with Crippen molar-refractivity contribution in [3.8, 4) is 11.5 Å². The number of phenolic OH excluding ortho intramolecular Hbond substituents is 2. The average Bonchev–Trinajstić information content (AvgIpc) is 3.06. The molecule has 2 fully saturated rings. The highest BCUT2D eigenvalue weighted by Gasteiger charge is 2.48. The van der Waals surface area contributed by atoms with E-state index in [1.807, 2.05) is 65.8 Å². The number of aryl methyl sites for hydroxylation is 2. The van der Waals surface area contributed by atoms with Gasteiger partial charge in [-0.15, -0.1) is 0 Å². The van der Waals surface area contributed by atoms with Gasteiger partial charge in [0.05, 0.1) is 44.7 Å². The minimum atomic E-state index is -0.610. The topological polar surface area (TPSA) is 130 Å². The fourth-order valence-electron chi connectivity index (χ4n) is 7.02. The number of carbonyl (C=O) groups excluding carboxylic acids is 2. The van der Waals surface area contributed by atoms with Gasteiger partial charge in [0.25, 0.3) is 0 Å². The van der Waals surface area contributed by atoms with Crippen molar-refractivity contribution in [1.82, 2.24) is 0 Å². The van der Waals surface area contributed by atoms with Crippen LogP contribution in [0.25, 0.3) is 0 Å². The summed E-state index contributed by atoms with van der Waals surface area (Å²) < 4.78 is 36.6. The highest BCUT2D eigenvalue weighted by molar-refractivity contribution is 5.71. The van der Waals surface area contributed by atoms with Crippen molar-refractivity contribution in [2.24, 2.45) is 27.1 Å². The molecule has 2 aliphatic rings. The molecule has 0 saturated carbocycles. The van der Waals surface area contributed by atoms with E-state index in [2.05, 4.69) is 41.5 Å². The summed E-state index contributed by atoms with van der Waals surface area (Å²) in [6.07, 6.45) is -0.756. The molecule has 10 heteroatoms. The molecule has 2 saturated heterocycles. The number of hydrogen-bond donors (Lipinski definition) is 2. The normalized spacial score (nSPS) is 22.6. The van der Waals surface area contributed by atoms with E-state index in [1.54, 1.807) is 12.1 Å². The molecule has 2 aromatic carbocycles. The summed E-state index contributed by atoms with van der Waals surface area (Å²) in [5.74, 6) is -0.313. The number of aromatic hydroxyl groups is 2. The predicted molar refractivity (Wildman–Crippen MR) is 203 cm³/mol. The van der Waals surface area contributed by atoms with Gasteiger partial charge < -0.3 is 38.6 Å².